The third-order valence-corrected chi connectivity index (χ3v) is 8.76. The number of ketones is 3. The summed E-state index contributed by atoms with van der Waals surface area (Å²) in [7, 11) is 0. The zero-order valence-electron chi connectivity index (χ0n) is 27.7. The smallest absolute Gasteiger partial charge is 0.269 e. The first kappa shape index (κ1) is 39.9. The molecule has 4 atom stereocenters. The lowest BCUT2D eigenvalue weighted by Gasteiger charge is -2.16. The van der Waals surface area contributed by atoms with Gasteiger partial charge in [-0.15, -0.1) is 0 Å². The normalized spacial score (nSPS) is 18.9. The molecule has 0 aliphatic heterocycles. The number of carbonyl (C=O) groups is 4. The van der Waals surface area contributed by atoms with Crippen molar-refractivity contribution in [3.63, 3.8) is 0 Å². The Hall–Kier alpha value is -5.54. The van der Waals surface area contributed by atoms with Crippen LogP contribution in [0.25, 0.3) is 0 Å². The number of hydrogen-bond acceptors (Lipinski definition) is 12. The van der Waals surface area contributed by atoms with Crippen LogP contribution < -0.4 is 0 Å². The number of nitrogens with zero attached hydrogens (tertiary/aromatic N) is 3. The first-order chi connectivity index (χ1) is 24.3. The van der Waals surface area contributed by atoms with E-state index in [0.717, 1.165) is 38.5 Å². The van der Waals surface area contributed by atoms with Gasteiger partial charge in [0.05, 0.1) is 27.0 Å². The van der Waals surface area contributed by atoms with Crippen molar-refractivity contribution >= 4 is 40.7 Å². The standard InChI is InChI=1S/2C12H13NO4.C7H5NO3.C5H8O/c2*14-11-3-1-2-10(11)12(15)8-4-6-9(7-5-8)13(16)17;9-5-6-1-3-7(4-2-6)8(10)11;6-5-3-1-2-4-5/h2*4-7,10,12,15H,1-3H2;1-5H;1-4H2/t10-,12+;10-,12-;;/m10../s1. The molecule has 0 spiro atoms. The Kier molecular flexibility index (Phi) is 15.3. The fraction of sp³-hybridized carbons (Fsp3) is 0.389. The molecule has 2 N–H and O–H groups in total. The van der Waals surface area contributed by atoms with Crippen LogP contribution in [0.2, 0.25) is 0 Å². The molecule has 3 aromatic rings. The number of aliphatic hydroxyl groups is 2. The van der Waals surface area contributed by atoms with Gasteiger partial charge in [0.2, 0.25) is 0 Å². The van der Waals surface area contributed by atoms with Crippen molar-refractivity contribution in [3.05, 3.63) is 120 Å². The average molecular weight is 706 g/mol. The van der Waals surface area contributed by atoms with Gasteiger partial charge in [-0.2, -0.15) is 0 Å². The van der Waals surface area contributed by atoms with Crippen LogP contribution in [0, 0.1) is 42.2 Å². The molecular formula is C36H39N3O12. The van der Waals surface area contributed by atoms with Gasteiger partial charge in [0, 0.05) is 79.5 Å². The lowest BCUT2D eigenvalue weighted by molar-refractivity contribution is -0.385. The van der Waals surface area contributed by atoms with Crippen LogP contribution in [0.4, 0.5) is 17.1 Å². The van der Waals surface area contributed by atoms with Gasteiger partial charge in [0.25, 0.3) is 17.1 Å². The maximum atomic E-state index is 11.5. The van der Waals surface area contributed by atoms with E-state index >= 15 is 0 Å². The van der Waals surface area contributed by atoms with Gasteiger partial charge in [-0.05, 0) is 86.1 Å². The zero-order valence-corrected chi connectivity index (χ0v) is 27.7. The molecule has 0 radical (unpaired) electrons. The summed E-state index contributed by atoms with van der Waals surface area (Å²) < 4.78 is 0. The molecule has 3 aromatic carbocycles. The summed E-state index contributed by atoms with van der Waals surface area (Å²) in [5.74, 6) is -0.0883. The van der Waals surface area contributed by atoms with Gasteiger partial charge in [0.15, 0.2) is 0 Å². The Bertz CT molecular complexity index is 1600. The molecule has 0 unspecified atom stereocenters. The number of aldehydes is 1. The monoisotopic (exact) mass is 705 g/mol. The van der Waals surface area contributed by atoms with Crippen LogP contribution in [0.15, 0.2) is 72.8 Å². The summed E-state index contributed by atoms with van der Waals surface area (Å²) in [4.78, 5) is 72.9. The topological polar surface area (TPSA) is 238 Å². The maximum Gasteiger partial charge on any atom is 0.269 e. The molecule has 3 aliphatic rings. The van der Waals surface area contributed by atoms with E-state index in [0.29, 0.717) is 54.4 Å². The third kappa shape index (κ3) is 12.1. The molecule has 0 heterocycles. The molecule has 15 heteroatoms. The van der Waals surface area contributed by atoms with Gasteiger partial charge in [-0.1, -0.05) is 0 Å². The van der Waals surface area contributed by atoms with Crippen LogP contribution >= 0.6 is 0 Å². The van der Waals surface area contributed by atoms with Crippen molar-refractivity contribution in [2.75, 3.05) is 0 Å². The van der Waals surface area contributed by atoms with E-state index in [4.69, 9.17) is 0 Å². The Morgan fingerprint density at radius 2 is 0.882 bits per heavy atom. The van der Waals surface area contributed by atoms with E-state index in [2.05, 4.69) is 0 Å². The highest BCUT2D eigenvalue weighted by Crippen LogP contribution is 2.34. The summed E-state index contributed by atoms with van der Waals surface area (Å²) in [5, 5.41) is 51.1. The molecule has 3 aliphatic carbocycles. The van der Waals surface area contributed by atoms with Crippen molar-refractivity contribution in [2.45, 2.75) is 76.4 Å². The van der Waals surface area contributed by atoms with Crippen molar-refractivity contribution in [3.8, 4) is 0 Å². The molecule has 0 saturated heterocycles. The minimum Gasteiger partial charge on any atom is -0.388 e. The van der Waals surface area contributed by atoms with Gasteiger partial charge in [0.1, 0.15) is 23.6 Å². The van der Waals surface area contributed by atoms with Crippen LogP contribution in [-0.2, 0) is 14.4 Å². The summed E-state index contributed by atoms with van der Waals surface area (Å²) in [5.41, 5.74) is 1.54. The summed E-state index contributed by atoms with van der Waals surface area (Å²) in [6, 6.07) is 16.8. The highest BCUT2D eigenvalue weighted by atomic mass is 16.6. The molecule has 0 bridgehead atoms. The molecule has 3 saturated carbocycles. The molecule has 3 fully saturated rings. The fourth-order valence-corrected chi connectivity index (χ4v) is 5.85. The number of nitro benzene ring substituents is 3. The number of benzene rings is 3. The van der Waals surface area contributed by atoms with Crippen molar-refractivity contribution in [1.82, 2.24) is 0 Å². The van der Waals surface area contributed by atoms with E-state index in [1.54, 1.807) is 0 Å². The number of Topliss-reactive ketones (excluding diaryl/α,β-unsaturated/α-hetero) is 3. The second-order valence-electron chi connectivity index (χ2n) is 12.2. The Morgan fingerprint density at radius 3 is 1.12 bits per heavy atom. The Morgan fingerprint density at radius 1 is 0.549 bits per heavy atom. The Labute approximate surface area is 292 Å². The van der Waals surface area contributed by atoms with Crippen LogP contribution in [0.5, 0.6) is 0 Å². The lowest BCUT2D eigenvalue weighted by atomic mass is 9.93. The van der Waals surface area contributed by atoms with E-state index in [9.17, 15) is 59.7 Å². The van der Waals surface area contributed by atoms with E-state index < -0.39 is 27.0 Å². The lowest BCUT2D eigenvalue weighted by Crippen LogP contribution is -2.16. The first-order valence-corrected chi connectivity index (χ1v) is 16.4. The zero-order chi connectivity index (χ0) is 37.5. The average Bonchev–Trinajstić information content (AvgIpc) is 3.91. The number of non-ortho nitro benzene ring substituents is 3. The molecule has 6 rings (SSSR count). The van der Waals surface area contributed by atoms with Crippen LogP contribution in [0.1, 0.15) is 97.9 Å². The van der Waals surface area contributed by atoms with Gasteiger partial charge < -0.3 is 10.2 Å². The second kappa shape index (κ2) is 19.6. The van der Waals surface area contributed by atoms with Crippen molar-refractivity contribution < 1.29 is 44.2 Å². The summed E-state index contributed by atoms with van der Waals surface area (Å²) >= 11 is 0. The number of rotatable bonds is 8. The van der Waals surface area contributed by atoms with Crippen molar-refractivity contribution in [1.29, 1.82) is 0 Å². The molecule has 15 nitrogen and oxygen atoms in total. The highest BCUT2D eigenvalue weighted by Gasteiger charge is 2.33. The highest BCUT2D eigenvalue weighted by molar-refractivity contribution is 5.84. The van der Waals surface area contributed by atoms with Crippen LogP contribution in [-0.4, -0.2) is 48.6 Å². The molecular weight excluding hydrogens is 666 g/mol. The van der Waals surface area contributed by atoms with Gasteiger partial charge in [-0.25, -0.2) is 0 Å². The van der Waals surface area contributed by atoms with E-state index in [1.807, 2.05) is 0 Å². The van der Waals surface area contributed by atoms with E-state index in [-0.39, 0.29) is 40.5 Å². The second-order valence-corrected chi connectivity index (χ2v) is 12.2. The molecule has 51 heavy (non-hydrogen) atoms. The predicted molar refractivity (Wildman–Crippen MR) is 183 cm³/mol. The SMILES string of the molecule is O=C1CCCC1.O=C1CCC[C@@H]1[C@@H](O)c1ccc([N+](=O)[O-])cc1.O=C1CCC[C@H]1[C@@H](O)c1ccc([N+](=O)[O-])cc1.O=Cc1ccc([N+](=O)[O-])cc1. The largest absolute Gasteiger partial charge is 0.388 e. The quantitative estimate of drug-likeness (QED) is 0.144. The van der Waals surface area contributed by atoms with Crippen molar-refractivity contribution in [2.24, 2.45) is 11.8 Å². The fourth-order valence-electron chi connectivity index (χ4n) is 5.85. The molecule has 270 valence electrons. The van der Waals surface area contributed by atoms with Gasteiger partial charge in [-0.3, -0.25) is 49.5 Å². The minimum absolute atomic E-state index is 0.00407. The number of nitro groups is 3. The minimum atomic E-state index is -0.842. The predicted octanol–water partition coefficient (Wildman–Crippen LogP) is 6.53. The Balaban J connectivity index is 0.000000194. The molecule has 0 aromatic heterocycles. The summed E-state index contributed by atoms with van der Waals surface area (Å²) in [6.07, 6.45) is 6.98. The molecule has 0 amide bonds. The first-order valence-electron chi connectivity index (χ1n) is 16.4. The summed E-state index contributed by atoms with van der Waals surface area (Å²) in [6.45, 7) is 0. The maximum absolute atomic E-state index is 11.5. The van der Waals surface area contributed by atoms with Gasteiger partial charge >= 0.3 is 0 Å². The number of aliphatic hydroxyl groups excluding tert-OH is 2. The third-order valence-electron chi connectivity index (χ3n) is 8.76. The number of hydrogen-bond donors (Lipinski definition) is 2. The van der Waals surface area contributed by atoms with Crippen LogP contribution in [0.3, 0.4) is 0 Å². The number of carbonyl (C=O) groups excluding carboxylic acids is 4. The van der Waals surface area contributed by atoms with E-state index in [1.165, 1.54) is 72.8 Å².